The highest BCUT2D eigenvalue weighted by Gasteiger charge is 2.58. The minimum atomic E-state index is 0. The average molecular weight is 239 g/mol. The van der Waals surface area contributed by atoms with Crippen LogP contribution in [0, 0.1) is 17.8 Å². The Hall–Kier alpha value is -0.0800. The van der Waals surface area contributed by atoms with E-state index in [1.807, 2.05) is 0 Å². The van der Waals surface area contributed by atoms with Crippen LogP contribution in [0.1, 0.15) is 52.4 Å². The monoisotopic (exact) mass is 239 g/mol. The Morgan fingerprint density at radius 3 is 1.53 bits per heavy atom. The lowest BCUT2D eigenvalue weighted by molar-refractivity contribution is -0.962. The maximum absolute atomic E-state index is 2.53. The molecule has 4 rings (SSSR count). The fraction of sp³-hybridized carbons (Fsp3) is 1.00. The second kappa shape index (κ2) is 4.24. The molecule has 1 N–H and O–H groups in total. The van der Waals surface area contributed by atoms with Gasteiger partial charge in [0.15, 0.2) is 0 Å². The molecule has 4 aliphatic rings. The summed E-state index contributed by atoms with van der Waals surface area (Å²) in [6.45, 7) is 7.48. The second-order valence-electron chi connectivity index (χ2n) is 7.17. The van der Waals surface area contributed by atoms with E-state index in [1.54, 1.807) is 38.5 Å². The van der Waals surface area contributed by atoms with Crippen LogP contribution in [0.15, 0.2) is 0 Å². The molecule has 17 heavy (non-hydrogen) atoms. The first kappa shape index (κ1) is 13.4. The molecule has 2 nitrogen and oxygen atoms in total. The first-order chi connectivity index (χ1) is 7.61. The molecule has 0 aromatic carbocycles. The highest BCUT2D eigenvalue weighted by molar-refractivity contribution is 5.03. The van der Waals surface area contributed by atoms with E-state index in [1.165, 1.54) is 17.6 Å². The maximum Gasteiger partial charge on any atom is 0.0998 e. The van der Waals surface area contributed by atoms with Crippen LogP contribution in [0.2, 0.25) is 0 Å². The summed E-state index contributed by atoms with van der Waals surface area (Å²) in [5.41, 5.74) is 0.693. The van der Waals surface area contributed by atoms with Gasteiger partial charge in [0, 0.05) is 19.3 Å². The molecule has 0 amide bonds. The highest BCUT2D eigenvalue weighted by atomic mass is 16.0. The Morgan fingerprint density at radius 1 is 0.882 bits per heavy atom. The molecular formula is C15H29NO. The van der Waals surface area contributed by atoms with Crippen molar-refractivity contribution in [2.75, 3.05) is 20.1 Å². The predicted octanol–water partition coefficient (Wildman–Crippen LogP) is 3.26. The SMILES string of the molecule is CC[N+](C)(CC)C12CC3CC(CC(C3)C1)C2.[OH-]. The van der Waals surface area contributed by atoms with Crippen LogP contribution in [0.25, 0.3) is 0 Å². The van der Waals surface area contributed by atoms with Crippen LogP contribution >= 0.6 is 0 Å². The van der Waals surface area contributed by atoms with Crippen molar-refractivity contribution in [2.24, 2.45) is 17.8 Å². The summed E-state index contributed by atoms with van der Waals surface area (Å²) in [5.74, 6) is 3.30. The fourth-order valence-electron chi connectivity index (χ4n) is 5.62. The molecule has 0 heterocycles. The van der Waals surface area contributed by atoms with Crippen molar-refractivity contribution >= 4 is 0 Å². The molecule has 2 heteroatoms. The normalized spacial score (nSPS) is 43.6. The van der Waals surface area contributed by atoms with Gasteiger partial charge < -0.3 is 9.96 Å². The summed E-state index contributed by atoms with van der Waals surface area (Å²) < 4.78 is 1.36. The van der Waals surface area contributed by atoms with E-state index in [2.05, 4.69) is 20.9 Å². The van der Waals surface area contributed by atoms with Crippen LogP contribution in [-0.2, 0) is 0 Å². The lowest BCUT2D eigenvalue weighted by atomic mass is 9.52. The van der Waals surface area contributed by atoms with E-state index < -0.39 is 0 Å². The topological polar surface area (TPSA) is 30.0 Å². The van der Waals surface area contributed by atoms with Crippen molar-refractivity contribution in [3.63, 3.8) is 0 Å². The molecule has 0 unspecified atom stereocenters. The van der Waals surface area contributed by atoms with Crippen LogP contribution in [0.5, 0.6) is 0 Å². The molecule has 0 atom stereocenters. The van der Waals surface area contributed by atoms with Gasteiger partial charge in [-0.3, -0.25) is 0 Å². The number of rotatable bonds is 3. The average Bonchev–Trinajstić information content (AvgIpc) is 2.26. The zero-order chi connectivity index (χ0) is 11.4. The lowest BCUT2D eigenvalue weighted by Crippen LogP contribution is -2.68. The molecule has 4 fully saturated rings. The second-order valence-corrected chi connectivity index (χ2v) is 7.17. The molecule has 0 aromatic rings. The van der Waals surface area contributed by atoms with Crippen LogP contribution in [0.4, 0.5) is 0 Å². The van der Waals surface area contributed by atoms with Gasteiger partial charge in [-0.05, 0) is 50.9 Å². The summed E-state index contributed by atoms with van der Waals surface area (Å²) >= 11 is 0. The van der Waals surface area contributed by atoms with Crippen molar-refractivity contribution in [2.45, 2.75) is 57.9 Å². The van der Waals surface area contributed by atoms with Gasteiger partial charge in [-0.25, -0.2) is 0 Å². The number of nitrogens with zero attached hydrogens (tertiary/aromatic N) is 1. The Balaban J connectivity index is 0.00000108. The van der Waals surface area contributed by atoms with Crippen molar-refractivity contribution in [3.8, 4) is 0 Å². The standard InChI is InChI=1S/C15H28N.H2O/c1-4-16(3,5-2)15-9-12-6-13(10-15)8-14(7-12)11-15;/h12-14H,4-11H2,1-3H3;1H2/q+1;/p-1. The van der Waals surface area contributed by atoms with Gasteiger partial charge in [-0.1, -0.05) is 0 Å². The predicted molar refractivity (Wildman–Crippen MR) is 70.1 cm³/mol. The Morgan fingerprint density at radius 2 is 1.24 bits per heavy atom. The summed E-state index contributed by atoms with van der Waals surface area (Å²) in [4.78, 5) is 0. The van der Waals surface area contributed by atoms with Gasteiger partial charge >= 0.3 is 0 Å². The van der Waals surface area contributed by atoms with E-state index in [0.717, 1.165) is 17.8 Å². The quantitative estimate of drug-likeness (QED) is 0.695. The van der Waals surface area contributed by atoms with Gasteiger partial charge in [0.2, 0.25) is 0 Å². The van der Waals surface area contributed by atoms with Gasteiger partial charge in [-0.15, -0.1) is 0 Å². The smallest absolute Gasteiger partial charge is 0.0998 e. The summed E-state index contributed by atoms with van der Waals surface area (Å²) in [5, 5.41) is 0. The van der Waals surface area contributed by atoms with Crippen LogP contribution in [-0.4, -0.2) is 35.6 Å². The van der Waals surface area contributed by atoms with E-state index >= 15 is 0 Å². The van der Waals surface area contributed by atoms with Crippen LogP contribution in [0.3, 0.4) is 0 Å². The van der Waals surface area contributed by atoms with Crippen LogP contribution < -0.4 is 0 Å². The number of hydrogen-bond acceptors (Lipinski definition) is 1. The minimum Gasteiger partial charge on any atom is -0.870 e. The summed E-state index contributed by atoms with van der Waals surface area (Å²) in [6, 6.07) is 0. The summed E-state index contributed by atoms with van der Waals surface area (Å²) in [6.07, 6.45) is 9.39. The van der Waals surface area contributed by atoms with E-state index in [0.29, 0.717) is 5.54 Å². The maximum atomic E-state index is 2.53. The largest absolute Gasteiger partial charge is 0.870 e. The summed E-state index contributed by atoms with van der Waals surface area (Å²) in [7, 11) is 2.53. The van der Waals surface area contributed by atoms with Crippen molar-refractivity contribution in [3.05, 3.63) is 0 Å². The zero-order valence-corrected chi connectivity index (χ0v) is 11.8. The van der Waals surface area contributed by atoms with Gasteiger partial charge in [0.1, 0.15) is 0 Å². The van der Waals surface area contributed by atoms with Crippen molar-refractivity contribution in [1.29, 1.82) is 0 Å². The molecular weight excluding hydrogens is 210 g/mol. The Labute approximate surface area is 106 Å². The van der Waals surface area contributed by atoms with Gasteiger partial charge in [0.25, 0.3) is 0 Å². The Bertz CT molecular complexity index is 247. The van der Waals surface area contributed by atoms with Gasteiger partial charge in [-0.2, -0.15) is 0 Å². The molecule has 4 aliphatic carbocycles. The third kappa shape index (κ3) is 1.76. The molecule has 100 valence electrons. The third-order valence-corrected chi connectivity index (χ3v) is 6.55. The number of quaternary nitrogens is 1. The Kier molecular flexibility index (Phi) is 3.33. The molecule has 0 spiro atoms. The van der Waals surface area contributed by atoms with Crippen molar-refractivity contribution in [1.82, 2.24) is 0 Å². The third-order valence-electron chi connectivity index (χ3n) is 6.55. The fourth-order valence-corrected chi connectivity index (χ4v) is 5.62. The first-order valence-electron chi connectivity index (χ1n) is 7.45. The lowest BCUT2D eigenvalue weighted by Gasteiger charge is -2.63. The molecule has 0 radical (unpaired) electrons. The van der Waals surface area contributed by atoms with E-state index in [4.69, 9.17) is 0 Å². The molecule has 4 saturated carbocycles. The zero-order valence-electron chi connectivity index (χ0n) is 11.8. The molecule has 4 bridgehead atoms. The van der Waals surface area contributed by atoms with E-state index in [-0.39, 0.29) is 5.48 Å². The highest BCUT2D eigenvalue weighted by Crippen LogP contribution is 2.59. The minimum absolute atomic E-state index is 0. The molecule has 0 aromatic heterocycles. The first-order valence-corrected chi connectivity index (χ1v) is 7.45. The van der Waals surface area contributed by atoms with E-state index in [9.17, 15) is 0 Å². The molecule has 0 saturated heterocycles. The van der Waals surface area contributed by atoms with Crippen molar-refractivity contribution < 1.29 is 9.96 Å². The molecule has 0 aliphatic heterocycles. The van der Waals surface area contributed by atoms with Gasteiger partial charge in [0.05, 0.1) is 25.7 Å². The number of hydrogen-bond donors (Lipinski definition) is 0.